The van der Waals surface area contributed by atoms with Crippen LogP contribution in [0.25, 0.3) is 0 Å². The average Bonchev–Trinajstić information content (AvgIpc) is 2.48. The minimum Gasteiger partial charge on any atom is -0.352 e. The van der Waals surface area contributed by atoms with E-state index in [-0.39, 0.29) is 5.91 Å². The van der Waals surface area contributed by atoms with Gasteiger partial charge in [0.2, 0.25) is 5.91 Å². The van der Waals surface area contributed by atoms with E-state index in [0.717, 1.165) is 17.7 Å². The highest BCUT2D eigenvalue weighted by Gasteiger charge is 2.06. The Labute approximate surface area is 136 Å². The van der Waals surface area contributed by atoms with Crippen molar-refractivity contribution in [3.05, 3.63) is 70.2 Å². The van der Waals surface area contributed by atoms with Crippen LogP contribution in [0.4, 0.5) is 0 Å². The van der Waals surface area contributed by atoms with Crippen LogP contribution in [0.3, 0.4) is 0 Å². The van der Waals surface area contributed by atoms with E-state index in [1.165, 1.54) is 5.56 Å². The summed E-state index contributed by atoms with van der Waals surface area (Å²) in [6.45, 7) is 1.42. The van der Waals surface area contributed by atoms with Crippen LogP contribution >= 0.6 is 11.6 Å². The number of nitrogens with one attached hydrogen (secondary N) is 1. The molecule has 0 heterocycles. The second-order valence-electron chi connectivity index (χ2n) is 5.59. The van der Waals surface area contributed by atoms with Gasteiger partial charge in [0.1, 0.15) is 0 Å². The van der Waals surface area contributed by atoms with Crippen LogP contribution in [-0.4, -0.2) is 24.9 Å². The van der Waals surface area contributed by atoms with Crippen LogP contribution in [0.1, 0.15) is 16.7 Å². The van der Waals surface area contributed by atoms with E-state index in [4.69, 9.17) is 11.6 Å². The predicted octanol–water partition coefficient (Wildman–Crippen LogP) is 3.26. The molecule has 1 N–H and O–H groups in total. The molecule has 0 saturated heterocycles. The Bertz CT molecular complexity index is 623. The number of nitrogens with zero attached hydrogens (tertiary/aromatic N) is 1. The summed E-state index contributed by atoms with van der Waals surface area (Å²) in [6.07, 6.45) is 0.368. The molecule has 2 rings (SSSR count). The first-order valence-corrected chi connectivity index (χ1v) is 7.65. The van der Waals surface area contributed by atoms with Gasteiger partial charge in [0.25, 0.3) is 0 Å². The van der Waals surface area contributed by atoms with Crippen LogP contribution in [0.2, 0.25) is 5.02 Å². The third-order valence-corrected chi connectivity index (χ3v) is 3.61. The zero-order valence-electron chi connectivity index (χ0n) is 13.0. The minimum atomic E-state index is 0.0157. The van der Waals surface area contributed by atoms with Gasteiger partial charge in [-0.2, -0.15) is 0 Å². The summed E-state index contributed by atoms with van der Waals surface area (Å²) in [5.41, 5.74) is 3.35. The highest BCUT2D eigenvalue weighted by molar-refractivity contribution is 6.30. The fraction of sp³-hybridized carbons (Fsp3) is 0.278. The van der Waals surface area contributed by atoms with Gasteiger partial charge in [-0.15, -0.1) is 0 Å². The molecule has 0 radical (unpaired) electrons. The first-order valence-electron chi connectivity index (χ1n) is 7.27. The number of halogens is 1. The molecule has 1 amide bonds. The molecule has 0 atom stereocenters. The number of hydrogen-bond acceptors (Lipinski definition) is 2. The van der Waals surface area contributed by atoms with Crippen molar-refractivity contribution >= 4 is 17.5 Å². The number of rotatable bonds is 6. The molecule has 22 heavy (non-hydrogen) atoms. The molecule has 0 aliphatic rings. The number of benzene rings is 2. The lowest BCUT2D eigenvalue weighted by atomic mass is 10.1. The monoisotopic (exact) mass is 316 g/mol. The molecule has 0 aliphatic heterocycles. The van der Waals surface area contributed by atoms with Crippen molar-refractivity contribution in [1.29, 1.82) is 0 Å². The van der Waals surface area contributed by atoms with Gasteiger partial charge in [0, 0.05) is 18.1 Å². The third-order valence-electron chi connectivity index (χ3n) is 3.36. The normalized spacial score (nSPS) is 10.7. The highest BCUT2D eigenvalue weighted by Crippen LogP contribution is 2.12. The quantitative estimate of drug-likeness (QED) is 0.887. The highest BCUT2D eigenvalue weighted by atomic mass is 35.5. The molecule has 3 nitrogen and oxygen atoms in total. The molecule has 0 spiro atoms. The van der Waals surface area contributed by atoms with Crippen LogP contribution in [-0.2, 0) is 24.3 Å². The molecule has 4 heteroatoms. The average molecular weight is 317 g/mol. The van der Waals surface area contributed by atoms with Gasteiger partial charge in [0.15, 0.2) is 0 Å². The first-order chi connectivity index (χ1) is 10.5. The summed E-state index contributed by atoms with van der Waals surface area (Å²) in [4.78, 5) is 14.2. The van der Waals surface area contributed by atoms with Gasteiger partial charge in [-0.3, -0.25) is 4.79 Å². The van der Waals surface area contributed by atoms with Crippen LogP contribution in [0, 0.1) is 0 Å². The summed E-state index contributed by atoms with van der Waals surface area (Å²) < 4.78 is 0. The number of carbonyl (C=O) groups excluding carboxylic acids is 1. The molecular weight excluding hydrogens is 296 g/mol. The number of hydrogen-bond donors (Lipinski definition) is 1. The second-order valence-corrected chi connectivity index (χ2v) is 6.02. The largest absolute Gasteiger partial charge is 0.352 e. The Morgan fingerprint density at radius 3 is 2.32 bits per heavy atom. The molecule has 116 valence electrons. The molecule has 0 aliphatic carbocycles. The zero-order chi connectivity index (χ0) is 15.9. The van der Waals surface area contributed by atoms with E-state index in [1.807, 2.05) is 38.4 Å². The van der Waals surface area contributed by atoms with Crippen molar-refractivity contribution < 1.29 is 4.79 Å². The zero-order valence-corrected chi connectivity index (χ0v) is 13.7. The van der Waals surface area contributed by atoms with Gasteiger partial charge in [0.05, 0.1) is 6.42 Å². The summed E-state index contributed by atoms with van der Waals surface area (Å²) in [7, 11) is 4.08. The number of amides is 1. The Morgan fingerprint density at radius 1 is 1.05 bits per heavy atom. The van der Waals surface area contributed by atoms with E-state index >= 15 is 0 Å². The van der Waals surface area contributed by atoms with Gasteiger partial charge in [-0.1, -0.05) is 48.0 Å². The minimum absolute atomic E-state index is 0.0157. The van der Waals surface area contributed by atoms with E-state index in [0.29, 0.717) is 18.0 Å². The van der Waals surface area contributed by atoms with Crippen LogP contribution in [0.5, 0.6) is 0 Å². The Kier molecular flexibility index (Phi) is 5.99. The SMILES string of the molecule is CN(C)Cc1ccccc1CNC(=O)Cc1ccc(Cl)cc1. The van der Waals surface area contributed by atoms with Crippen molar-refractivity contribution in [2.45, 2.75) is 19.5 Å². The summed E-state index contributed by atoms with van der Waals surface area (Å²) in [6, 6.07) is 15.5. The molecule has 0 unspecified atom stereocenters. The lowest BCUT2D eigenvalue weighted by Crippen LogP contribution is -2.25. The van der Waals surface area contributed by atoms with E-state index < -0.39 is 0 Å². The van der Waals surface area contributed by atoms with Gasteiger partial charge >= 0.3 is 0 Å². The molecule has 0 bridgehead atoms. The van der Waals surface area contributed by atoms with Crippen LogP contribution in [0.15, 0.2) is 48.5 Å². The number of carbonyl (C=O) groups is 1. The van der Waals surface area contributed by atoms with Gasteiger partial charge < -0.3 is 10.2 Å². The summed E-state index contributed by atoms with van der Waals surface area (Å²) in [5, 5.41) is 3.67. The van der Waals surface area contributed by atoms with E-state index in [1.54, 1.807) is 12.1 Å². The summed E-state index contributed by atoms with van der Waals surface area (Å²) >= 11 is 5.84. The van der Waals surface area contributed by atoms with Crippen molar-refractivity contribution in [1.82, 2.24) is 10.2 Å². The topological polar surface area (TPSA) is 32.3 Å². The van der Waals surface area contributed by atoms with Crippen LogP contribution < -0.4 is 5.32 Å². The third kappa shape index (κ3) is 5.17. The predicted molar refractivity (Wildman–Crippen MR) is 90.8 cm³/mol. The Hall–Kier alpha value is -1.84. The molecule has 2 aromatic carbocycles. The van der Waals surface area contributed by atoms with Crippen molar-refractivity contribution in [3.8, 4) is 0 Å². The molecule has 2 aromatic rings. The lowest BCUT2D eigenvalue weighted by Gasteiger charge is -2.14. The molecule has 0 aromatic heterocycles. The van der Waals surface area contributed by atoms with Gasteiger partial charge in [-0.05, 0) is 42.9 Å². The second kappa shape index (κ2) is 7.97. The van der Waals surface area contributed by atoms with Gasteiger partial charge in [-0.25, -0.2) is 0 Å². The Balaban J connectivity index is 1.92. The van der Waals surface area contributed by atoms with Crippen molar-refractivity contribution in [2.24, 2.45) is 0 Å². The molecule has 0 fully saturated rings. The maximum Gasteiger partial charge on any atom is 0.224 e. The molecular formula is C18H21ClN2O. The van der Waals surface area contributed by atoms with E-state index in [2.05, 4.69) is 22.3 Å². The molecule has 0 saturated carbocycles. The summed E-state index contributed by atoms with van der Waals surface area (Å²) in [5.74, 6) is 0.0157. The maximum absolute atomic E-state index is 12.0. The fourth-order valence-corrected chi connectivity index (χ4v) is 2.39. The maximum atomic E-state index is 12.0. The lowest BCUT2D eigenvalue weighted by molar-refractivity contribution is -0.120. The first kappa shape index (κ1) is 16.5. The van der Waals surface area contributed by atoms with Crippen molar-refractivity contribution in [2.75, 3.05) is 14.1 Å². The van der Waals surface area contributed by atoms with E-state index in [9.17, 15) is 4.79 Å². The standard InChI is InChI=1S/C18H21ClN2O/c1-21(2)13-16-6-4-3-5-15(16)12-20-18(22)11-14-7-9-17(19)10-8-14/h3-10H,11-13H2,1-2H3,(H,20,22). The fourth-order valence-electron chi connectivity index (χ4n) is 2.27. The van der Waals surface area contributed by atoms with Crippen molar-refractivity contribution in [3.63, 3.8) is 0 Å². The Morgan fingerprint density at radius 2 is 1.68 bits per heavy atom. The smallest absolute Gasteiger partial charge is 0.224 e.